The van der Waals surface area contributed by atoms with E-state index in [-0.39, 0.29) is 11.8 Å². The lowest BCUT2D eigenvalue weighted by molar-refractivity contribution is -0.119. The summed E-state index contributed by atoms with van der Waals surface area (Å²) in [5, 5.41) is 16.0. The van der Waals surface area contributed by atoms with Crippen molar-refractivity contribution >= 4 is 34.0 Å². The molecule has 1 aromatic heterocycles. The second-order valence-electron chi connectivity index (χ2n) is 4.60. The van der Waals surface area contributed by atoms with Gasteiger partial charge in [0.05, 0.1) is 5.92 Å². The summed E-state index contributed by atoms with van der Waals surface area (Å²) in [6.07, 6.45) is 0.867. The Balaban J connectivity index is 1.72. The van der Waals surface area contributed by atoms with Crippen LogP contribution in [0, 0.1) is 5.92 Å². The third kappa shape index (κ3) is 2.98. The first-order chi connectivity index (χ1) is 9.72. The van der Waals surface area contributed by atoms with Crippen molar-refractivity contribution in [2.45, 2.75) is 6.42 Å². The maximum Gasteiger partial charge on any atom is 0.230 e. The molecule has 2 aromatic rings. The zero-order chi connectivity index (χ0) is 13.9. The van der Waals surface area contributed by atoms with E-state index in [9.17, 15) is 4.79 Å². The summed E-state index contributed by atoms with van der Waals surface area (Å²) >= 11 is 7.30. The summed E-state index contributed by atoms with van der Waals surface area (Å²) in [6, 6.07) is 7.41. The predicted molar refractivity (Wildman–Crippen MR) is 80.0 cm³/mol. The molecule has 1 saturated heterocycles. The zero-order valence-electron chi connectivity index (χ0n) is 10.6. The van der Waals surface area contributed by atoms with E-state index in [2.05, 4.69) is 20.8 Å². The van der Waals surface area contributed by atoms with Gasteiger partial charge in [-0.3, -0.25) is 4.79 Å². The summed E-state index contributed by atoms with van der Waals surface area (Å²) in [4.78, 5) is 12.0. The van der Waals surface area contributed by atoms with Crippen LogP contribution in [0.5, 0.6) is 0 Å². The quantitative estimate of drug-likeness (QED) is 0.914. The molecule has 0 aliphatic carbocycles. The van der Waals surface area contributed by atoms with E-state index in [1.54, 1.807) is 0 Å². The first-order valence-corrected chi connectivity index (χ1v) is 7.53. The normalized spacial score (nSPS) is 18.1. The number of hydrogen-bond donors (Lipinski definition) is 2. The Morgan fingerprint density at radius 1 is 1.45 bits per heavy atom. The van der Waals surface area contributed by atoms with Gasteiger partial charge in [0.15, 0.2) is 0 Å². The van der Waals surface area contributed by atoms with E-state index in [1.807, 2.05) is 24.3 Å². The number of benzene rings is 1. The van der Waals surface area contributed by atoms with Crippen LogP contribution in [-0.4, -0.2) is 29.2 Å². The number of carbonyl (C=O) groups excluding carboxylic acids is 1. The van der Waals surface area contributed by atoms with Crippen LogP contribution in [0.4, 0.5) is 5.13 Å². The Morgan fingerprint density at radius 2 is 2.35 bits per heavy atom. The van der Waals surface area contributed by atoms with Gasteiger partial charge in [-0.1, -0.05) is 35.1 Å². The number of rotatable bonds is 3. The Labute approximate surface area is 125 Å². The number of carbonyl (C=O) groups is 1. The third-order valence-corrected chi connectivity index (χ3v) is 4.28. The highest BCUT2D eigenvalue weighted by molar-refractivity contribution is 7.18. The second-order valence-corrected chi connectivity index (χ2v) is 6.02. The molecule has 0 saturated carbocycles. The van der Waals surface area contributed by atoms with E-state index < -0.39 is 0 Å². The molecule has 1 fully saturated rings. The number of nitrogens with one attached hydrogen (secondary N) is 2. The van der Waals surface area contributed by atoms with Crippen LogP contribution in [0.25, 0.3) is 10.6 Å². The van der Waals surface area contributed by atoms with Crippen molar-refractivity contribution in [2.24, 2.45) is 5.92 Å². The second kappa shape index (κ2) is 5.87. The molecule has 1 atom stereocenters. The minimum atomic E-state index is 0.00351. The van der Waals surface area contributed by atoms with Crippen molar-refractivity contribution in [1.82, 2.24) is 15.5 Å². The predicted octanol–water partition coefficient (Wildman–Crippen LogP) is 2.41. The van der Waals surface area contributed by atoms with Crippen LogP contribution in [0.3, 0.4) is 0 Å². The van der Waals surface area contributed by atoms with Gasteiger partial charge in [0.25, 0.3) is 0 Å². The molecule has 1 amide bonds. The van der Waals surface area contributed by atoms with Gasteiger partial charge >= 0.3 is 0 Å². The first kappa shape index (κ1) is 13.5. The molecule has 1 aromatic carbocycles. The topological polar surface area (TPSA) is 66.9 Å². The van der Waals surface area contributed by atoms with Crippen molar-refractivity contribution in [1.29, 1.82) is 0 Å². The van der Waals surface area contributed by atoms with Crippen LogP contribution < -0.4 is 10.6 Å². The van der Waals surface area contributed by atoms with E-state index >= 15 is 0 Å². The van der Waals surface area contributed by atoms with E-state index in [1.165, 1.54) is 11.3 Å². The van der Waals surface area contributed by atoms with Gasteiger partial charge in [0.2, 0.25) is 11.0 Å². The number of hydrogen-bond acceptors (Lipinski definition) is 5. The molecule has 104 valence electrons. The lowest BCUT2D eigenvalue weighted by Crippen LogP contribution is -2.24. The van der Waals surface area contributed by atoms with Gasteiger partial charge in [-0.2, -0.15) is 0 Å². The molecule has 2 heterocycles. The average molecular weight is 309 g/mol. The van der Waals surface area contributed by atoms with Crippen molar-refractivity contribution < 1.29 is 4.79 Å². The molecule has 1 unspecified atom stereocenters. The minimum absolute atomic E-state index is 0.00351. The van der Waals surface area contributed by atoms with Crippen molar-refractivity contribution in [3.63, 3.8) is 0 Å². The number of aromatic nitrogens is 2. The third-order valence-electron chi connectivity index (χ3n) is 3.16. The van der Waals surface area contributed by atoms with Crippen LogP contribution in [0.2, 0.25) is 5.02 Å². The first-order valence-electron chi connectivity index (χ1n) is 6.33. The maximum absolute atomic E-state index is 12.0. The Morgan fingerprint density at radius 3 is 3.10 bits per heavy atom. The summed E-state index contributed by atoms with van der Waals surface area (Å²) in [5.74, 6) is 0.0253. The molecule has 7 heteroatoms. The fourth-order valence-corrected chi connectivity index (χ4v) is 3.03. The van der Waals surface area contributed by atoms with Crippen molar-refractivity contribution in [3.05, 3.63) is 29.3 Å². The molecule has 20 heavy (non-hydrogen) atoms. The van der Waals surface area contributed by atoms with Crippen LogP contribution >= 0.6 is 22.9 Å². The van der Waals surface area contributed by atoms with E-state index in [0.29, 0.717) is 10.2 Å². The molecule has 0 radical (unpaired) electrons. The summed E-state index contributed by atoms with van der Waals surface area (Å²) in [5.41, 5.74) is 0.901. The summed E-state index contributed by atoms with van der Waals surface area (Å²) < 4.78 is 0. The maximum atomic E-state index is 12.0. The summed E-state index contributed by atoms with van der Waals surface area (Å²) in [7, 11) is 0. The average Bonchev–Trinajstić information content (AvgIpc) is 3.10. The van der Waals surface area contributed by atoms with Crippen molar-refractivity contribution in [2.75, 3.05) is 18.4 Å². The zero-order valence-corrected chi connectivity index (χ0v) is 12.2. The smallest absolute Gasteiger partial charge is 0.230 e. The highest BCUT2D eigenvalue weighted by atomic mass is 35.5. The minimum Gasteiger partial charge on any atom is -0.316 e. The fourth-order valence-electron chi connectivity index (χ4n) is 2.10. The van der Waals surface area contributed by atoms with Crippen LogP contribution in [0.1, 0.15) is 6.42 Å². The SMILES string of the molecule is O=C(Nc1nnc(-c2cccc(Cl)c2)s1)C1CCNC1. The largest absolute Gasteiger partial charge is 0.316 e. The van der Waals surface area contributed by atoms with E-state index in [4.69, 9.17) is 11.6 Å². The van der Waals surface area contributed by atoms with Crippen LogP contribution in [0.15, 0.2) is 24.3 Å². The fraction of sp³-hybridized carbons (Fsp3) is 0.308. The molecule has 1 aliphatic heterocycles. The van der Waals surface area contributed by atoms with Gasteiger partial charge in [-0.25, -0.2) is 0 Å². The monoisotopic (exact) mass is 308 g/mol. The van der Waals surface area contributed by atoms with Crippen molar-refractivity contribution in [3.8, 4) is 10.6 Å². The van der Waals surface area contributed by atoms with Gasteiger partial charge in [-0.15, -0.1) is 10.2 Å². The molecule has 3 rings (SSSR count). The number of nitrogens with zero attached hydrogens (tertiary/aromatic N) is 2. The number of amides is 1. The molecular formula is C13H13ClN4OS. The highest BCUT2D eigenvalue weighted by Gasteiger charge is 2.23. The lowest BCUT2D eigenvalue weighted by Gasteiger charge is -2.06. The van der Waals surface area contributed by atoms with Gasteiger partial charge < -0.3 is 10.6 Å². The summed E-state index contributed by atoms with van der Waals surface area (Å²) in [6.45, 7) is 1.62. The molecular weight excluding hydrogens is 296 g/mol. The van der Waals surface area contributed by atoms with Gasteiger partial charge in [0.1, 0.15) is 5.01 Å². The van der Waals surface area contributed by atoms with Crippen LogP contribution in [-0.2, 0) is 4.79 Å². The number of anilines is 1. The van der Waals surface area contributed by atoms with Gasteiger partial charge in [-0.05, 0) is 25.1 Å². The van der Waals surface area contributed by atoms with E-state index in [0.717, 1.165) is 30.1 Å². The molecule has 0 spiro atoms. The standard InChI is InChI=1S/C13H13ClN4OS/c14-10-3-1-2-8(6-10)12-17-18-13(20-12)16-11(19)9-4-5-15-7-9/h1-3,6,9,15H,4-5,7H2,(H,16,18,19). The van der Waals surface area contributed by atoms with Gasteiger partial charge in [0, 0.05) is 17.1 Å². The Bertz CT molecular complexity index is 624. The lowest BCUT2D eigenvalue weighted by atomic mass is 10.1. The molecule has 5 nitrogen and oxygen atoms in total. The molecule has 1 aliphatic rings. The molecule has 0 bridgehead atoms. The molecule has 2 N–H and O–H groups in total. The Kier molecular flexibility index (Phi) is 3.95. The highest BCUT2D eigenvalue weighted by Crippen LogP contribution is 2.28. The Hall–Kier alpha value is -1.50. The number of halogens is 1.